The molecule has 2 unspecified atom stereocenters. The van der Waals surface area contributed by atoms with E-state index < -0.39 is 0 Å². The topological polar surface area (TPSA) is 11.4 Å². The molecule has 4 heteroatoms. The summed E-state index contributed by atoms with van der Waals surface area (Å²) >= 11 is 0. The van der Waals surface area contributed by atoms with Gasteiger partial charge in [0.1, 0.15) is 0 Å². The van der Waals surface area contributed by atoms with Crippen LogP contribution in [0.5, 0.6) is 0 Å². The zero-order valence-corrected chi connectivity index (χ0v) is 45.6. The van der Waals surface area contributed by atoms with Crippen LogP contribution in [0.2, 0.25) is 0 Å². The lowest BCUT2D eigenvalue weighted by atomic mass is 9.44. The van der Waals surface area contributed by atoms with Crippen LogP contribution >= 0.6 is 0 Å². The van der Waals surface area contributed by atoms with E-state index in [1.54, 1.807) is 0 Å². The van der Waals surface area contributed by atoms with Crippen LogP contribution in [0.15, 0.2) is 146 Å². The summed E-state index contributed by atoms with van der Waals surface area (Å²) in [5.74, 6) is 0. The highest BCUT2D eigenvalue weighted by atomic mass is 15.3. The summed E-state index contributed by atoms with van der Waals surface area (Å²) in [6.07, 6.45) is 4.84. The van der Waals surface area contributed by atoms with Crippen molar-refractivity contribution in [2.75, 3.05) is 9.80 Å². The Morgan fingerprint density at radius 1 is 0.472 bits per heavy atom. The summed E-state index contributed by atoms with van der Waals surface area (Å²) in [6.45, 7) is 33.4. The van der Waals surface area contributed by atoms with Gasteiger partial charge in [-0.25, -0.2) is 0 Å². The van der Waals surface area contributed by atoms with E-state index in [1.165, 1.54) is 137 Å². The van der Waals surface area contributed by atoms with Gasteiger partial charge in [-0.15, -0.1) is 0 Å². The van der Waals surface area contributed by atoms with Crippen LogP contribution in [0.3, 0.4) is 0 Å². The van der Waals surface area contributed by atoms with Crippen LogP contribution in [0, 0.1) is 0 Å². The molecule has 8 aromatic rings. The molecule has 1 aromatic heterocycles. The average Bonchev–Trinajstić information content (AvgIpc) is 3.78. The predicted octanol–water partition coefficient (Wildman–Crippen LogP) is 17.3. The third-order valence-electron chi connectivity index (χ3n) is 17.9. The van der Waals surface area contributed by atoms with Crippen LogP contribution in [0.25, 0.3) is 44.4 Å². The van der Waals surface area contributed by atoms with Gasteiger partial charge in [0.05, 0.1) is 5.54 Å². The van der Waals surface area contributed by atoms with E-state index >= 15 is 0 Å². The molecule has 1 saturated carbocycles. The number of hydrogen-bond donors (Lipinski definition) is 0. The molecule has 0 amide bonds. The number of para-hydroxylation sites is 1. The fourth-order valence-corrected chi connectivity index (χ4v) is 13.5. The van der Waals surface area contributed by atoms with Crippen molar-refractivity contribution in [1.82, 2.24) is 4.48 Å². The van der Waals surface area contributed by atoms with E-state index in [0.29, 0.717) is 0 Å². The zero-order chi connectivity index (χ0) is 50.7. The van der Waals surface area contributed by atoms with Gasteiger partial charge < -0.3 is 14.3 Å². The van der Waals surface area contributed by atoms with E-state index in [-0.39, 0.29) is 39.5 Å². The van der Waals surface area contributed by atoms with Crippen molar-refractivity contribution in [3.8, 4) is 33.5 Å². The lowest BCUT2D eigenvalue weighted by molar-refractivity contribution is 0.195. The summed E-state index contributed by atoms with van der Waals surface area (Å²) in [7, 11) is 0. The highest BCUT2D eigenvalue weighted by Gasteiger charge is 2.58. The monoisotopic (exact) mass is 944 g/mol. The minimum absolute atomic E-state index is 0.0257. The van der Waals surface area contributed by atoms with Crippen molar-refractivity contribution < 1.29 is 0 Å². The molecule has 0 N–H and O–H groups in total. The zero-order valence-electron chi connectivity index (χ0n) is 45.6. The largest absolute Gasteiger partial charge is 0.375 e. The molecule has 2 atom stereocenters. The molecule has 0 spiro atoms. The van der Waals surface area contributed by atoms with Crippen molar-refractivity contribution in [2.24, 2.45) is 0 Å². The first-order valence-corrected chi connectivity index (χ1v) is 27.0. The third kappa shape index (κ3) is 6.83. The first kappa shape index (κ1) is 46.8. The van der Waals surface area contributed by atoms with Crippen molar-refractivity contribution in [3.63, 3.8) is 0 Å². The Labute approximate surface area is 431 Å². The van der Waals surface area contributed by atoms with Crippen LogP contribution in [-0.4, -0.2) is 16.9 Å². The predicted molar refractivity (Wildman–Crippen MR) is 311 cm³/mol. The van der Waals surface area contributed by atoms with Gasteiger partial charge in [-0.3, -0.25) is 0 Å². The van der Waals surface area contributed by atoms with Gasteiger partial charge in [0.2, 0.25) is 0 Å². The fraction of sp³-hybridized carbons (Fsp3) is 0.353. The first-order valence-electron chi connectivity index (χ1n) is 27.0. The quantitative estimate of drug-likeness (QED) is 0.163. The number of nitrogens with zero attached hydrogens (tertiary/aromatic N) is 3. The summed E-state index contributed by atoms with van der Waals surface area (Å²) in [6, 6.07) is 57.4. The molecule has 4 aliphatic rings. The lowest BCUT2D eigenvalue weighted by Crippen LogP contribution is -2.57. The molecule has 4 heterocycles. The first-order chi connectivity index (χ1) is 34.0. The Kier molecular flexibility index (Phi) is 10.2. The van der Waals surface area contributed by atoms with Crippen LogP contribution in [0.1, 0.15) is 150 Å². The molecule has 12 rings (SSSR count). The van der Waals surface area contributed by atoms with Crippen LogP contribution in [0.4, 0.5) is 28.4 Å². The van der Waals surface area contributed by atoms with E-state index in [9.17, 15) is 0 Å². The molecule has 1 aliphatic carbocycles. The van der Waals surface area contributed by atoms with E-state index in [1.807, 2.05) is 0 Å². The molecule has 364 valence electrons. The summed E-state index contributed by atoms with van der Waals surface area (Å²) < 4.78 is 2.83. The van der Waals surface area contributed by atoms with Crippen molar-refractivity contribution in [2.45, 2.75) is 155 Å². The van der Waals surface area contributed by atoms with E-state index in [0.717, 1.165) is 0 Å². The number of aromatic nitrogens is 1. The standard InChI is InChI=1S/C68H74BN3/c1-63(2,3)45-28-31-49(32-29-45)70-57-34-30-46(64(4,5)6)41-55(57)69-60-51(38-48(42-58(60)70)66(10,11)12)52-39-47(65(7,8)9)40-53-59(61(72(69)62(52)53)43-23-17-15-18-24-43)44-27-33-56-54(37-44)67(13)35-21-22-36-68(67,14)71(56)50-25-19-16-20-26-50/h15-20,23-34,37-42H,21-22,35-36H2,1-14H3. The lowest BCUT2D eigenvalue weighted by Gasteiger charge is -2.50. The second-order valence-electron chi connectivity index (χ2n) is 26.6. The van der Waals surface area contributed by atoms with Crippen molar-refractivity contribution in [1.29, 1.82) is 0 Å². The second-order valence-corrected chi connectivity index (χ2v) is 26.6. The fourth-order valence-electron chi connectivity index (χ4n) is 13.5. The van der Waals surface area contributed by atoms with Gasteiger partial charge in [-0.2, -0.15) is 0 Å². The molecule has 0 saturated heterocycles. The average molecular weight is 944 g/mol. The maximum absolute atomic E-state index is 2.83. The van der Waals surface area contributed by atoms with Gasteiger partial charge in [0.15, 0.2) is 0 Å². The molecular weight excluding hydrogens is 870 g/mol. The number of anilines is 5. The molecule has 1 fully saturated rings. The summed E-state index contributed by atoms with van der Waals surface area (Å²) in [5.41, 5.74) is 24.9. The highest BCUT2D eigenvalue weighted by molar-refractivity contribution is 6.89. The van der Waals surface area contributed by atoms with E-state index in [2.05, 4.69) is 257 Å². The normalized spacial score (nSPS) is 19.3. The van der Waals surface area contributed by atoms with Crippen LogP contribution < -0.4 is 20.7 Å². The second kappa shape index (κ2) is 15.6. The Morgan fingerprint density at radius 2 is 1.06 bits per heavy atom. The minimum Gasteiger partial charge on any atom is -0.375 e. The number of hydrogen-bond acceptors (Lipinski definition) is 2. The third-order valence-corrected chi connectivity index (χ3v) is 17.9. The Bertz CT molecular complexity index is 3480. The summed E-state index contributed by atoms with van der Waals surface area (Å²) in [5, 5.41) is 1.34. The number of rotatable bonds is 4. The van der Waals surface area contributed by atoms with Crippen LogP contribution in [-0.2, 0) is 27.1 Å². The van der Waals surface area contributed by atoms with Gasteiger partial charge >= 0.3 is 6.85 Å². The minimum atomic E-state index is -0.101. The maximum atomic E-state index is 2.83. The molecule has 72 heavy (non-hydrogen) atoms. The smallest absolute Gasteiger partial charge is 0.333 e. The molecule has 0 bridgehead atoms. The van der Waals surface area contributed by atoms with Crippen molar-refractivity contribution in [3.05, 3.63) is 173 Å². The van der Waals surface area contributed by atoms with Gasteiger partial charge in [0.25, 0.3) is 0 Å². The van der Waals surface area contributed by atoms with E-state index in [4.69, 9.17) is 0 Å². The van der Waals surface area contributed by atoms with Gasteiger partial charge in [-0.1, -0.05) is 188 Å². The Hall–Kier alpha value is -6.26. The summed E-state index contributed by atoms with van der Waals surface area (Å²) in [4.78, 5) is 5.33. The molecule has 3 nitrogen and oxygen atoms in total. The Balaban J connectivity index is 1.23. The SMILES string of the molecule is CC(C)(C)c1ccc(N2c3ccc(C(C)(C)C)cc3B3c4c(cc(C(C)(C)C)cc42)-c2cc(C(C)(C)C)cc4c(-c5ccc6c(c5)C5(C)CCCCC5(C)N6c5ccccc5)c(-c5ccccc5)n3c24)cc1. The molecule has 0 radical (unpaired) electrons. The number of fused-ring (bicyclic) bond motifs is 7. The molecular formula is C68H74BN3. The van der Waals surface area contributed by atoms with Gasteiger partial charge in [-0.05, 0) is 158 Å². The highest BCUT2D eigenvalue weighted by Crippen LogP contribution is 2.62. The van der Waals surface area contributed by atoms with Crippen molar-refractivity contribution >= 4 is 57.1 Å². The maximum Gasteiger partial charge on any atom is 0.333 e. The molecule has 3 aliphatic heterocycles. The van der Waals surface area contributed by atoms with Gasteiger partial charge in [0, 0.05) is 61.6 Å². The Morgan fingerprint density at radius 3 is 1.71 bits per heavy atom. The number of benzene rings is 7. The molecule has 7 aromatic carbocycles.